The van der Waals surface area contributed by atoms with Gasteiger partial charge in [-0.2, -0.15) is 11.8 Å². The second-order valence-electron chi connectivity index (χ2n) is 2.44. The lowest BCUT2D eigenvalue weighted by atomic mass is 10.2. The molecular formula is C9H12FNS. The first-order valence-electron chi connectivity index (χ1n) is 3.86. The Morgan fingerprint density at radius 2 is 2.25 bits per heavy atom. The van der Waals surface area contributed by atoms with Gasteiger partial charge in [0.25, 0.3) is 0 Å². The number of thioether (sulfide) groups is 1. The number of hydrogen-bond acceptors (Lipinski definition) is 2. The number of nitrogens with two attached hydrogens (primary N) is 1. The van der Waals surface area contributed by atoms with Crippen LogP contribution in [0, 0.1) is 5.82 Å². The highest BCUT2D eigenvalue weighted by Crippen LogP contribution is 2.21. The minimum atomic E-state index is -0.198. The third-order valence-corrected chi connectivity index (χ3v) is 2.51. The lowest BCUT2D eigenvalue weighted by Crippen LogP contribution is -1.96. The summed E-state index contributed by atoms with van der Waals surface area (Å²) in [6.45, 7) is 2.04. The molecule has 0 aliphatic heterocycles. The fourth-order valence-electron chi connectivity index (χ4n) is 0.932. The maximum atomic E-state index is 13.1. The van der Waals surface area contributed by atoms with E-state index in [0.29, 0.717) is 17.0 Å². The third kappa shape index (κ3) is 2.14. The molecule has 0 heterocycles. The fourth-order valence-corrected chi connectivity index (χ4v) is 1.64. The molecule has 0 atom stereocenters. The molecule has 0 amide bonds. The van der Waals surface area contributed by atoms with Crippen molar-refractivity contribution in [3.05, 3.63) is 29.6 Å². The molecule has 0 fully saturated rings. The second-order valence-corrected chi connectivity index (χ2v) is 3.72. The zero-order valence-electron chi connectivity index (χ0n) is 7.01. The van der Waals surface area contributed by atoms with E-state index < -0.39 is 0 Å². The van der Waals surface area contributed by atoms with Crippen LogP contribution in [0.25, 0.3) is 0 Å². The molecule has 0 aromatic heterocycles. The molecule has 1 aromatic carbocycles. The largest absolute Gasteiger partial charge is 0.398 e. The van der Waals surface area contributed by atoms with E-state index in [1.54, 1.807) is 23.9 Å². The second kappa shape index (κ2) is 4.36. The van der Waals surface area contributed by atoms with Crippen molar-refractivity contribution < 1.29 is 4.39 Å². The topological polar surface area (TPSA) is 26.0 Å². The van der Waals surface area contributed by atoms with Gasteiger partial charge in [0, 0.05) is 17.0 Å². The van der Waals surface area contributed by atoms with Gasteiger partial charge in [0.05, 0.1) is 0 Å². The van der Waals surface area contributed by atoms with Crippen LogP contribution in [0.1, 0.15) is 12.5 Å². The minimum absolute atomic E-state index is 0.198. The Balaban J connectivity index is 2.81. The summed E-state index contributed by atoms with van der Waals surface area (Å²) in [5.74, 6) is 1.44. The first-order valence-corrected chi connectivity index (χ1v) is 5.01. The Kier molecular flexibility index (Phi) is 3.41. The standard InChI is InChI=1S/C9H12FNS/c1-2-12-6-7-8(10)4-3-5-9(7)11/h3-5H,2,6,11H2,1H3. The zero-order valence-corrected chi connectivity index (χ0v) is 7.83. The van der Waals surface area contributed by atoms with E-state index in [2.05, 4.69) is 0 Å². The van der Waals surface area contributed by atoms with Crippen molar-refractivity contribution in [2.45, 2.75) is 12.7 Å². The van der Waals surface area contributed by atoms with Crippen LogP contribution in [0.3, 0.4) is 0 Å². The Hall–Kier alpha value is -0.700. The molecule has 0 bridgehead atoms. The van der Waals surface area contributed by atoms with Crippen molar-refractivity contribution in [1.29, 1.82) is 0 Å². The van der Waals surface area contributed by atoms with Gasteiger partial charge < -0.3 is 5.73 Å². The van der Waals surface area contributed by atoms with Gasteiger partial charge in [-0.25, -0.2) is 4.39 Å². The number of rotatable bonds is 3. The van der Waals surface area contributed by atoms with E-state index in [1.165, 1.54) is 6.07 Å². The van der Waals surface area contributed by atoms with Gasteiger partial charge in [0.1, 0.15) is 5.82 Å². The third-order valence-electron chi connectivity index (χ3n) is 1.61. The monoisotopic (exact) mass is 185 g/mol. The Morgan fingerprint density at radius 1 is 1.50 bits per heavy atom. The van der Waals surface area contributed by atoms with Crippen LogP contribution in [0.5, 0.6) is 0 Å². The van der Waals surface area contributed by atoms with Gasteiger partial charge in [-0.3, -0.25) is 0 Å². The SMILES string of the molecule is CCSCc1c(N)cccc1F. The van der Waals surface area contributed by atoms with Crippen LogP contribution in [-0.2, 0) is 5.75 Å². The van der Waals surface area contributed by atoms with E-state index in [9.17, 15) is 4.39 Å². The summed E-state index contributed by atoms with van der Waals surface area (Å²) in [6, 6.07) is 4.81. The first kappa shape index (κ1) is 9.39. The Bertz CT molecular complexity index is 242. The van der Waals surface area contributed by atoms with Gasteiger partial charge in [-0.1, -0.05) is 13.0 Å². The molecule has 0 unspecified atom stereocenters. The summed E-state index contributed by atoms with van der Waals surface area (Å²) in [4.78, 5) is 0. The average molecular weight is 185 g/mol. The quantitative estimate of drug-likeness (QED) is 0.733. The van der Waals surface area contributed by atoms with Crippen molar-refractivity contribution >= 4 is 17.4 Å². The molecular weight excluding hydrogens is 173 g/mol. The summed E-state index contributed by atoms with van der Waals surface area (Å²) < 4.78 is 13.1. The van der Waals surface area contributed by atoms with Crippen LogP contribution >= 0.6 is 11.8 Å². The van der Waals surface area contributed by atoms with Gasteiger partial charge in [-0.15, -0.1) is 0 Å². The number of nitrogen functional groups attached to an aromatic ring is 1. The smallest absolute Gasteiger partial charge is 0.129 e. The molecule has 3 heteroatoms. The van der Waals surface area contributed by atoms with E-state index in [1.807, 2.05) is 6.92 Å². The normalized spacial score (nSPS) is 10.2. The lowest BCUT2D eigenvalue weighted by molar-refractivity contribution is 0.618. The van der Waals surface area contributed by atoms with Crippen molar-refractivity contribution in [3.63, 3.8) is 0 Å². The number of hydrogen-bond donors (Lipinski definition) is 1. The van der Waals surface area contributed by atoms with Crippen molar-refractivity contribution in [2.75, 3.05) is 11.5 Å². The molecule has 0 aliphatic carbocycles. The first-order chi connectivity index (χ1) is 5.75. The number of halogens is 1. The van der Waals surface area contributed by atoms with Gasteiger partial charge in [-0.05, 0) is 17.9 Å². The minimum Gasteiger partial charge on any atom is -0.398 e. The fraction of sp³-hybridized carbons (Fsp3) is 0.333. The average Bonchev–Trinajstić information content (AvgIpc) is 2.04. The van der Waals surface area contributed by atoms with Gasteiger partial charge in [0.2, 0.25) is 0 Å². The van der Waals surface area contributed by atoms with Crippen molar-refractivity contribution in [2.24, 2.45) is 0 Å². The molecule has 1 aromatic rings. The van der Waals surface area contributed by atoms with Crippen LogP contribution in [0.15, 0.2) is 18.2 Å². The number of anilines is 1. The summed E-state index contributed by atoms with van der Waals surface area (Å²) >= 11 is 1.67. The van der Waals surface area contributed by atoms with Crippen molar-refractivity contribution in [3.8, 4) is 0 Å². The lowest BCUT2D eigenvalue weighted by Gasteiger charge is -2.04. The predicted molar refractivity (Wildman–Crippen MR) is 52.6 cm³/mol. The van der Waals surface area contributed by atoms with Gasteiger partial charge >= 0.3 is 0 Å². The number of benzene rings is 1. The van der Waals surface area contributed by atoms with Crippen molar-refractivity contribution in [1.82, 2.24) is 0 Å². The molecule has 12 heavy (non-hydrogen) atoms. The van der Waals surface area contributed by atoms with E-state index >= 15 is 0 Å². The summed E-state index contributed by atoms with van der Waals surface area (Å²) in [7, 11) is 0. The Labute approximate surface area is 76.2 Å². The van der Waals surface area contributed by atoms with Crippen LogP contribution in [0.2, 0.25) is 0 Å². The molecule has 0 saturated heterocycles. The zero-order chi connectivity index (χ0) is 8.97. The predicted octanol–water partition coefficient (Wildman–Crippen LogP) is 2.66. The molecule has 0 spiro atoms. The van der Waals surface area contributed by atoms with Crippen LogP contribution in [-0.4, -0.2) is 5.75 Å². The van der Waals surface area contributed by atoms with Gasteiger partial charge in [0.15, 0.2) is 0 Å². The highest BCUT2D eigenvalue weighted by atomic mass is 32.2. The Morgan fingerprint density at radius 3 is 2.83 bits per heavy atom. The maximum Gasteiger partial charge on any atom is 0.129 e. The van der Waals surface area contributed by atoms with E-state index in [0.717, 1.165) is 5.75 Å². The summed E-state index contributed by atoms with van der Waals surface area (Å²) in [6.07, 6.45) is 0. The molecule has 0 saturated carbocycles. The summed E-state index contributed by atoms with van der Waals surface area (Å²) in [5, 5.41) is 0. The van der Waals surface area contributed by atoms with E-state index in [-0.39, 0.29) is 5.82 Å². The molecule has 1 nitrogen and oxygen atoms in total. The molecule has 66 valence electrons. The summed E-state index contributed by atoms with van der Waals surface area (Å²) in [5.41, 5.74) is 6.79. The molecule has 0 radical (unpaired) electrons. The van der Waals surface area contributed by atoms with Crippen LogP contribution < -0.4 is 5.73 Å². The maximum absolute atomic E-state index is 13.1. The van der Waals surface area contributed by atoms with Crippen LogP contribution in [0.4, 0.5) is 10.1 Å². The molecule has 1 rings (SSSR count). The highest BCUT2D eigenvalue weighted by molar-refractivity contribution is 7.98. The molecule has 0 aliphatic rings. The molecule has 2 N–H and O–H groups in total. The highest BCUT2D eigenvalue weighted by Gasteiger charge is 2.04. The van der Waals surface area contributed by atoms with E-state index in [4.69, 9.17) is 5.73 Å².